The first-order valence-electron chi connectivity index (χ1n) is 7.09. The zero-order chi connectivity index (χ0) is 15.2. The van der Waals surface area contributed by atoms with Gasteiger partial charge in [-0.1, -0.05) is 42.5 Å². The first kappa shape index (κ1) is 16.1. The predicted molar refractivity (Wildman–Crippen MR) is 84.7 cm³/mol. The highest BCUT2D eigenvalue weighted by molar-refractivity contribution is 6.36. The fourth-order valence-electron chi connectivity index (χ4n) is 2.46. The molecule has 0 saturated heterocycles. The summed E-state index contributed by atoms with van der Waals surface area (Å²) in [4.78, 5) is 23.7. The lowest BCUT2D eigenvalue weighted by Gasteiger charge is -2.22. The van der Waals surface area contributed by atoms with Gasteiger partial charge >= 0.3 is 0 Å². The molecule has 0 bridgehead atoms. The quantitative estimate of drug-likeness (QED) is 0.826. The van der Waals surface area contributed by atoms with Crippen molar-refractivity contribution in [1.29, 1.82) is 0 Å². The Labute approximate surface area is 134 Å². The van der Waals surface area contributed by atoms with Gasteiger partial charge in [0.25, 0.3) is 0 Å². The molecule has 1 aromatic rings. The van der Waals surface area contributed by atoms with Crippen molar-refractivity contribution < 1.29 is 9.59 Å². The Kier molecular flexibility index (Phi) is 5.88. The molecule has 1 aliphatic carbocycles. The molecule has 0 spiro atoms. The van der Waals surface area contributed by atoms with Crippen LogP contribution < -0.4 is 10.6 Å². The van der Waals surface area contributed by atoms with Crippen LogP contribution in [0.1, 0.15) is 38.5 Å². The van der Waals surface area contributed by atoms with Crippen molar-refractivity contribution in [1.82, 2.24) is 5.32 Å². The van der Waals surface area contributed by atoms with E-state index in [0.29, 0.717) is 15.7 Å². The SMILES string of the molecule is O=C(CC(=O)NC1CCCCC1)Nc1ccc(Cl)cc1Cl. The van der Waals surface area contributed by atoms with Crippen molar-refractivity contribution in [3.05, 3.63) is 28.2 Å². The van der Waals surface area contributed by atoms with Crippen LogP contribution in [-0.2, 0) is 9.59 Å². The number of amides is 2. The molecular formula is C15H18Cl2N2O2. The molecule has 0 heterocycles. The highest BCUT2D eigenvalue weighted by Crippen LogP contribution is 2.25. The summed E-state index contributed by atoms with van der Waals surface area (Å²) >= 11 is 11.8. The minimum Gasteiger partial charge on any atom is -0.353 e. The first-order valence-corrected chi connectivity index (χ1v) is 7.84. The number of anilines is 1. The van der Waals surface area contributed by atoms with Gasteiger partial charge in [0.15, 0.2) is 0 Å². The molecule has 0 atom stereocenters. The minimum absolute atomic E-state index is 0.199. The van der Waals surface area contributed by atoms with Gasteiger partial charge in [-0.3, -0.25) is 9.59 Å². The zero-order valence-corrected chi connectivity index (χ0v) is 13.1. The topological polar surface area (TPSA) is 58.2 Å². The monoisotopic (exact) mass is 328 g/mol. The van der Waals surface area contributed by atoms with Gasteiger partial charge < -0.3 is 10.6 Å². The maximum atomic E-state index is 11.8. The lowest BCUT2D eigenvalue weighted by molar-refractivity contribution is -0.127. The van der Waals surface area contributed by atoms with Crippen LogP contribution in [-0.4, -0.2) is 17.9 Å². The second-order valence-corrected chi connectivity index (χ2v) is 6.10. The molecular weight excluding hydrogens is 311 g/mol. The van der Waals surface area contributed by atoms with Gasteiger partial charge in [0, 0.05) is 11.1 Å². The van der Waals surface area contributed by atoms with Gasteiger partial charge in [-0.25, -0.2) is 0 Å². The van der Waals surface area contributed by atoms with E-state index in [-0.39, 0.29) is 24.3 Å². The third-order valence-corrected chi connectivity index (χ3v) is 4.04. The van der Waals surface area contributed by atoms with Gasteiger partial charge in [-0.05, 0) is 31.0 Å². The average Bonchev–Trinajstić information content (AvgIpc) is 2.43. The molecule has 1 aliphatic rings. The Balaban J connectivity index is 1.81. The first-order chi connectivity index (χ1) is 10.0. The summed E-state index contributed by atoms with van der Waals surface area (Å²) in [6.07, 6.45) is 5.29. The summed E-state index contributed by atoms with van der Waals surface area (Å²) in [6, 6.07) is 4.99. The second kappa shape index (κ2) is 7.66. The van der Waals surface area contributed by atoms with E-state index in [9.17, 15) is 9.59 Å². The lowest BCUT2D eigenvalue weighted by atomic mass is 9.95. The van der Waals surface area contributed by atoms with Gasteiger partial charge in [0.05, 0.1) is 10.7 Å². The lowest BCUT2D eigenvalue weighted by Crippen LogP contribution is -2.37. The molecule has 1 saturated carbocycles. The van der Waals surface area contributed by atoms with Crippen LogP contribution in [0.2, 0.25) is 10.0 Å². The van der Waals surface area contributed by atoms with Crippen molar-refractivity contribution in [2.75, 3.05) is 5.32 Å². The van der Waals surface area contributed by atoms with Crippen LogP contribution in [0.15, 0.2) is 18.2 Å². The minimum atomic E-state index is -0.382. The van der Waals surface area contributed by atoms with E-state index < -0.39 is 0 Å². The van der Waals surface area contributed by atoms with Gasteiger partial charge in [0.1, 0.15) is 6.42 Å². The van der Waals surface area contributed by atoms with E-state index >= 15 is 0 Å². The number of rotatable bonds is 4. The Morgan fingerprint density at radius 3 is 2.48 bits per heavy atom. The Morgan fingerprint density at radius 1 is 1.10 bits per heavy atom. The highest BCUT2D eigenvalue weighted by Gasteiger charge is 2.17. The molecule has 21 heavy (non-hydrogen) atoms. The number of halogens is 2. The molecule has 0 aliphatic heterocycles. The average molecular weight is 329 g/mol. The summed E-state index contributed by atoms with van der Waals surface area (Å²) in [7, 11) is 0. The van der Waals surface area contributed by atoms with E-state index in [4.69, 9.17) is 23.2 Å². The number of carbonyl (C=O) groups excluding carboxylic acids is 2. The van der Waals surface area contributed by atoms with Gasteiger partial charge in [-0.2, -0.15) is 0 Å². The van der Waals surface area contributed by atoms with E-state index in [0.717, 1.165) is 25.7 Å². The van der Waals surface area contributed by atoms with Gasteiger partial charge in [0.2, 0.25) is 11.8 Å². The predicted octanol–water partition coefficient (Wildman–Crippen LogP) is 3.77. The Morgan fingerprint density at radius 2 is 1.81 bits per heavy atom. The number of carbonyl (C=O) groups is 2. The van der Waals surface area contributed by atoms with Crippen molar-refractivity contribution >= 4 is 40.7 Å². The highest BCUT2D eigenvalue weighted by atomic mass is 35.5. The molecule has 2 N–H and O–H groups in total. The molecule has 0 radical (unpaired) electrons. The third kappa shape index (κ3) is 5.21. The van der Waals surface area contributed by atoms with Gasteiger partial charge in [-0.15, -0.1) is 0 Å². The molecule has 1 aromatic carbocycles. The molecule has 0 unspecified atom stereocenters. The third-order valence-electron chi connectivity index (χ3n) is 3.50. The summed E-state index contributed by atoms with van der Waals surface area (Å²) in [5.41, 5.74) is 0.455. The van der Waals surface area contributed by atoms with E-state index in [1.54, 1.807) is 18.2 Å². The fourth-order valence-corrected chi connectivity index (χ4v) is 2.91. The summed E-state index contributed by atoms with van der Waals surface area (Å²) in [5.74, 6) is -0.628. The molecule has 0 aromatic heterocycles. The summed E-state index contributed by atoms with van der Waals surface area (Å²) < 4.78 is 0. The molecule has 114 valence electrons. The van der Waals surface area contributed by atoms with Crippen molar-refractivity contribution in [3.63, 3.8) is 0 Å². The number of hydrogen-bond acceptors (Lipinski definition) is 2. The standard InChI is InChI=1S/C15H18Cl2N2O2/c16-10-6-7-13(12(17)8-10)19-15(21)9-14(20)18-11-4-2-1-3-5-11/h6-8,11H,1-5,9H2,(H,18,20)(H,19,21). The maximum Gasteiger partial charge on any atom is 0.233 e. The van der Waals surface area contributed by atoms with E-state index in [2.05, 4.69) is 10.6 Å². The number of hydrogen-bond donors (Lipinski definition) is 2. The van der Waals surface area contributed by atoms with Crippen LogP contribution in [0.3, 0.4) is 0 Å². The molecule has 2 rings (SSSR count). The number of nitrogens with one attached hydrogen (secondary N) is 2. The zero-order valence-electron chi connectivity index (χ0n) is 11.6. The Hall–Kier alpha value is -1.26. The molecule has 2 amide bonds. The van der Waals surface area contributed by atoms with E-state index in [1.165, 1.54) is 6.42 Å². The van der Waals surface area contributed by atoms with E-state index in [1.807, 2.05) is 0 Å². The van der Waals surface area contributed by atoms with Crippen LogP contribution in [0.4, 0.5) is 5.69 Å². The summed E-state index contributed by atoms with van der Waals surface area (Å²) in [5, 5.41) is 6.36. The molecule has 6 heteroatoms. The fraction of sp³-hybridized carbons (Fsp3) is 0.467. The largest absolute Gasteiger partial charge is 0.353 e. The maximum absolute atomic E-state index is 11.8. The smallest absolute Gasteiger partial charge is 0.233 e. The molecule has 1 fully saturated rings. The Bertz CT molecular complexity index is 528. The van der Waals surface area contributed by atoms with Crippen LogP contribution in [0.25, 0.3) is 0 Å². The molecule has 4 nitrogen and oxygen atoms in total. The number of benzene rings is 1. The second-order valence-electron chi connectivity index (χ2n) is 5.25. The van der Waals surface area contributed by atoms with Crippen molar-refractivity contribution in [2.24, 2.45) is 0 Å². The van der Waals surface area contributed by atoms with Crippen molar-refractivity contribution in [3.8, 4) is 0 Å². The normalized spacial score (nSPS) is 15.5. The van der Waals surface area contributed by atoms with Crippen LogP contribution in [0, 0.1) is 0 Å². The summed E-state index contributed by atoms with van der Waals surface area (Å²) in [6.45, 7) is 0. The van der Waals surface area contributed by atoms with Crippen LogP contribution in [0.5, 0.6) is 0 Å². The van der Waals surface area contributed by atoms with Crippen molar-refractivity contribution in [2.45, 2.75) is 44.6 Å². The van der Waals surface area contributed by atoms with Crippen LogP contribution >= 0.6 is 23.2 Å².